The molecule has 0 unspecified atom stereocenters. The molecular weight excluding hydrogens is 489 g/mol. The van der Waals surface area contributed by atoms with E-state index in [9.17, 15) is 10.1 Å². The van der Waals surface area contributed by atoms with Gasteiger partial charge in [0, 0.05) is 21.3 Å². The maximum Gasteiger partial charge on any atom is 0.289 e. The van der Waals surface area contributed by atoms with Crippen molar-refractivity contribution in [1.82, 2.24) is 9.78 Å². The van der Waals surface area contributed by atoms with Crippen molar-refractivity contribution >= 4 is 51.1 Å². The van der Waals surface area contributed by atoms with E-state index in [1.165, 1.54) is 10.8 Å². The summed E-state index contributed by atoms with van der Waals surface area (Å²) in [4.78, 5) is 12.6. The minimum absolute atomic E-state index is 0.0188. The van der Waals surface area contributed by atoms with Gasteiger partial charge in [-0.1, -0.05) is 35.3 Å². The Bertz CT molecular complexity index is 1200. The largest absolute Gasteiger partial charge is 0.488 e. The number of ether oxygens (including phenoxy) is 1. The highest BCUT2D eigenvalue weighted by Crippen LogP contribution is 2.29. The van der Waals surface area contributed by atoms with E-state index in [1.807, 2.05) is 6.07 Å². The van der Waals surface area contributed by atoms with Gasteiger partial charge >= 0.3 is 0 Å². The molecule has 0 saturated carbocycles. The van der Waals surface area contributed by atoms with Gasteiger partial charge in [0.25, 0.3) is 5.91 Å². The molecule has 0 spiro atoms. The van der Waals surface area contributed by atoms with Crippen LogP contribution in [0.4, 0.5) is 0 Å². The number of hydrogen-bond donors (Lipinski definition) is 0. The fraction of sp³-hybridized carbons (Fsp3) is 0.136. The van der Waals surface area contributed by atoms with Crippen LogP contribution in [0.5, 0.6) is 5.75 Å². The quantitative estimate of drug-likeness (QED) is 0.298. The predicted molar refractivity (Wildman–Crippen MR) is 121 cm³/mol. The first-order chi connectivity index (χ1) is 14.3. The number of hydrogen-bond acceptors (Lipinski definition) is 4. The highest BCUT2D eigenvalue weighted by Gasteiger charge is 2.16. The van der Waals surface area contributed by atoms with Gasteiger partial charge in [-0.25, -0.2) is 4.68 Å². The summed E-state index contributed by atoms with van der Waals surface area (Å²) in [5, 5.41) is 14.7. The number of carbonyl (C=O) groups is 1. The van der Waals surface area contributed by atoms with Crippen molar-refractivity contribution in [3.63, 3.8) is 0 Å². The smallest absolute Gasteiger partial charge is 0.289 e. The lowest BCUT2D eigenvalue weighted by Gasteiger charge is -2.10. The maximum absolute atomic E-state index is 12.6. The molecule has 0 fully saturated rings. The predicted octanol–water partition coefficient (Wildman–Crippen LogP) is 6.40. The Hall–Kier alpha value is -2.59. The second-order valence-corrected chi connectivity index (χ2v) is 8.23. The van der Waals surface area contributed by atoms with E-state index in [0.717, 1.165) is 5.56 Å². The topological polar surface area (TPSA) is 67.9 Å². The number of benzene rings is 2. The van der Waals surface area contributed by atoms with Gasteiger partial charge in [0.15, 0.2) is 0 Å². The van der Waals surface area contributed by atoms with Gasteiger partial charge in [0.05, 0.1) is 10.2 Å². The van der Waals surface area contributed by atoms with Crippen LogP contribution in [0.1, 0.15) is 27.3 Å². The number of allylic oxidation sites excluding steroid dienone is 1. The van der Waals surface area contributed by atoms with Crippen LogP contribution >= 0.6 is 39.1 Å². The molecule has 0 aliphatic heterocycles. The highest BCUT2D eigenvalue weighted by atomic mass is 79.9. The van der Waals surface area contributed by atoms with Crippen molar-refractivity contribution in [3.05, 3.63) is 85.1 Å². The SMILES string of the molecule is Cc1cc(C)n(C(=O)/C(C#N)=C/c2ccc(OCc3ccc(Cl)cc3Cl)c(Br)c2)n1. The van der Waals surface area contributed by atoms with Crippen molar-refractivity contribution in [3.8, 4) is 11.8 Å². The monoisotopic (exact) mass is 503 g/mol. The molecule has 3 rings (SSSR count). The Morgan fingerprint density at radius 1 is 1.23 bits per heavy atom. The fourth-order valence-corrected chi connectivity index (χ4v) is 3.75. The molecule has 30 heavy (non-hydrogen) atoms. The molecule has 0 N–H and O–H groups in total. The molecule has 152 valence electrons. The fourth-order valence-electron chi connectivity index (χ4n) is 2.78. The number of rotatable bonds is 5. The van der Waals surface area contributed by atoms with E-state index >= 15 is 0 Å². The van der Waals surface area contributed by atoms with Crippen LogP contribution in [-0.4, -0.2) is 15.7 Å². The lowest BCUT2D eigenvalue weighted by molar-refractivity contribution is 0.0943. The van der Waals surface area contributed by atoms with Gasteiger partial charge in [0.2, 0.25) is 0 Å². The van der Waals surface area contributed by atoms with Gasteiger partial charge in [-0.2, -0.15) is 10.4 Å². The minimum Gasteiger partial charge on any atom is -0.488 e. The summed E-state index contributed by atoms with van der Waals surface area (Å²) < 4.78 is 7.73. The molecule has 0 bridgehead atoms. The molecular formula is C22H16BrCl2N3O2. The summed E-state index contributed by atoms with van der Waals surface area (Å²) >= 11 is 15.5. The molecule has 0 aliphatic rings. The van der Waals surface area contributed by atoms with E-state index in [2.05, 4.69) is 21.0 Å². The van der Waals surface area contributed by atoms with Crippen LogP contribution in [-0.2, 0) is 6.61 Å². The van der Waals surface area contributed by atoms with Crippen molar-refractivity contribution in [2.45, 2.75) is 20.5 Å². The molecule has 0 radical (unpaired) electrons. The van der Waals surface area contributed by atoms with E-state index < -0.39 is 5.91 Å². The summed E-state index contributed by atoms with van der Waals surface area (Å²) in [7, 11) is 0. The van der Waals surface area contributed by atoms with E-state index in [-0.39, 0.29) is 12.2 Å². The number of nitrogens with zero attached hydrogens (tertiary/aromatic N) is 3. The Morgan fingerprint density at radius 3 is 2.60 bits per heavy atom. The van der Waals surface area contributed by atoms with Crippen LogP contribution in [0.25, 0.3) is 6.08 Å². The third-order valence-electron chi connectivity index (χ3n) is 4.22. The van der Waals surface area contributed by atoms with Gasteiger partial charge in [-0.15, -0.1) is 0 Å². The van der Waals surface area contributed by atoms with Crippen LogP contribution in [0.15, 0.2) is 52.5 Å². The van der Waals surface area contributed by atoms with E-state index in [1.54, 1.807) is 56.3 Å². The molecule has 0 amide bonds. The molecule has 8 heteroatoms. The molecule has 0 saturated heterocycles. The first-order valence-corrected chi connectivity index (χ1v) is 10.4. The summed E-state index contributed by atoms with van der Waals surface area (Å²) in [5.74, 6) is 0.124. The number of halogens is 3. The Morgan fingerprint density at radius 2 is 2.00 bits per heavy atom. The highest BCUT2D eigenvalue weighted by molar-refractivity contribution is 9.10. The molecule has 3 aromatic rings. The summed E-state index contributed by atoms with van der Waals surface area (Å²) in [6.07, 6.45) is 1.52. The standard InChI is InChI=1S/C22H16BrCl2N3O2/c1-13-7-14(2)28(27-13)22(29)17(11-26)8-15-3-6-21(19(23)9-15)30-12-16-4-5-18(24)10-20(16)25/h3-10H,12H2,1-2H3/b17-8+. The molecule has 0 aliphatic carbocycles. The first kappa shape index (κ1) is 22.1. The van der Waals surface area contributed by atoms with Gasteiger partial charge in [-0.3, -0.25) is 4.79 Å². The van der Waals surface area contributed by atoms with Crippen LogP contribution < -0.4 is 4.74 Å². The van der Waals surface area contributed by atoms with Crippen LogP contribution in [0.2, 0.25) is 10.0 Å². The summed E-state index contributed by atoms with van der Waals surface area (Å²) in [6, 6.07) is 14.2. The number of aromatic nitrogens is 2. The number of nitriles is 1. The Kier molecular flexibility index (Phi) is 6.99. The van der Waals surface area contributed by atoms with Crippen molar-refractivity contribution in [1.29, 1.82) is 5.26 Å². The zero-order valence-electron chi connectivity index (χ0n) is 16.1. The van der Waals surface area contributed by atoms with Crippen molar-refractivity contribution < 1.29 is 9.53 Å². The molecule has 1 aromatic heterocycles. The number of carbonyl (C=O) groups excluding carboxylic acids is 1. The second-order valence-electron chi connectivity index (χ2n) is 6.53. The lowest BCUT2D eigenvalue weighted by Crippen LogP contribution is -2.15. The minimum atomic E-state index is -0.475. The van der Waals surface area contributed by atoms with E-state index in [4.69, 9.17) is 27.9 Å². The third-order valence-corrected chi connectivity index (χ3v) is 5.42. The third kappa shape index (κ3) is 5.11. The molecule has 0 atom stereocenters. The maximum atomic E-state index is 12.6. The summed E-state index contributed by atoms with van der Waals surface area (Å²) in [5.41, 5.74) is 2.84. The Balaban J connectivity index is 1.79. The molecule has 1 heterocycles. The van der Waals surface area contributed by atoms with Crippen molar-refractivity contribution in [2.75, 3.05) is 0 Å². The van der Waals surface area contributed by atoms with Gasteiger partial charge in [-0.05, 0) is 71.7 Å². The van der Waals surface area contributed by atoms with Gasteiger partial charge in [0.1, 0.15) is 24.0 Å². The second kappa shape index (κ2) is 9.48. The molecule has 5 nitrogen and oxygen atoms in total. The van der Waals surface area contributed by atoms with E-state index in [0.29, 0.717) is 37.2 Å². The van der Waals surface area contributed by atoms with Crippen LogP contribution in [0, 0.1) is 25.2 Å². The van der Waals surface area contributed by atoms with Gasteiger partial charge < -0.3 is 4.74 Å². The number of aryl methyl sites for hydroxylation is 2. The van der Waals surface area contributed by atoms with Crippen LogP contribution in [0.3, 0.4) is 0 Å². The van der Waals surface area contributed by atoms with Crippen molar-refractivity contribution in [2.24, 2.45) is 0 Å². The lowest BCUT2D eigenvalue weighted by atomic mass is 10.1. The zero-order chi connectivity index (χ0) is 21.8. The normalized spacial score (nSPS) is 11.3. The first-order valence-electron chi connectivity index (χ1n) is 8.84. The average molecular weight is 505 g/mol. The zero-order valence-corrected chi connectivity index (χ0v) is 19.2. The average Bonchev–Trinajstić information content (AvgIpc) is 3.04. The summed E-state index contributed by atoms with van der Waals surface area (Å²) in [6.45, 7) is 3.83. The molecule has 2 aromatic carbocycles. The Labute approximate surface area is 192 Å².